The minimum Gasteiger partial charge on any atom is -0.456 e. The van der Waals surface area contributed by atoms with Gasteiger partial charge in [-0.25, -0.2) is 4.79 Å². The molecule has 1 saturated heterocycles. The SMILES string of the molecule is CC(C)(C)OC(=O)c1cc(B(O)O)cc(N2CCNCC2)c1. The topological polar surface area (TPSA) is 82.0 Å². The average Bonchev–Trinajstić information content (AvgIpc) is 2.46. The average molecular weight is 306 g/mol. The summed E-state index contributed by atoms with van der Waals surface area (Å²) in [5, 5.41) is 22.2. The number of rotatable bonds is 3. The van der Waals surface area contributed by atoms with Crippen molar-refractivity contribution >= 4 is 24.2 Å². The number of hydrogen-bond donors (Lipinski definition) is 3. The van der Waals surface area contributed by atoms with Crippen molar-refractivity contribution in [1.82, 2.24) is 5.32 Å². The highest BCUT2D eigenvalue weighted by Gasteiger charge is 2.22. The molecular weight excluding hydrogens is 283 g/mol. The number of hydrogen-bond acceptors (Lipinski definition) is 6. The Morgan fingerprint density at radius 2 is 1.86 bits per heavy atom. The predicted octanol–water partition coefficient (Wildman–Crippen LogP) is -0.269. The van der Waals surface area contributed by atoms with Crippen molar-refractivity contribution in [3.8, 4) is 0 Å². The van der Waals surface area contributed by atoms with Gasteiger partial charge in [0.2, 0.25) is 0 Å². The van der Waals surface area contributed by atoms with Crippen molar-refractivity contribution in [2.75, 3.05) is 31.1 Å². The molecule has 3 N–H and O–H groups in total. The first-order valence-electron chi connectivity index (χ1n) is 7.46. The summed E-state index contributed by atoms with van der Waals surface area (Å²) in [4.78, 5) is 14.4. The quantitative estimate of drug-likeness (QED) is 0.527. The number of nitrogens with one attached hydrogen (secondary N) is 1. The van der Waals surface area contributed by atoms with E-state index in [-0.39, 0.29) is 5.46 Å². The third-order valence-electron chi connectivity index (χ3n) is 3.35. The van der Waals surface area contributed by atoms with Crippen LogP contribution in [-0.4, -0.2) is 54.9 Å². The van der Waals surface area contributed by atoms with E-state index in [2.05, 4.69) is 10.2 Å². The maximum atomic E-state index is 12.3. The van der Waals surface area contributed by atoms with Gasteiger partial charge < -0.3 is 25.0 Å². The molecule has 0 saturated carbocycles. The maximum absolute atomic E-state index is 12.3. The number of ether oxygens (including phenoxy) is 1. The molecule has 22 heavy (non-hydrogen) atoms. The first-order chi connectivity index (χ1) is 10.3. The van der Waals surface area contributed by atoms with E-state index in [1.165, 1.54) is 6.07 Å². The van der Waals surface area contributed by atoms with Crippen LogP contribution in [0.3, 0.4) is 0 Å². The zero-order valence-corrected chi connectivity index (χ0v) is 13.3. The van der Waals surface area contributed by atoms with Gasteiger partial charge in [-0.05, 0) is 44.4 Å². The van der Waals surface area contributed by atoms with E-state index in [9.17, 15) is 14.8 Å². The molecule has 0 unspecified atom stereocenters. The number of benzene rings is 1. The molecule has 1 heterocycles. The fraction of sp³-hybridized carbons (Fsp3) is 0.533. The van der Waals surface area contributed by atoms with Crippen LogP contribution in [0.1, 0.15) is 31.1 Å². The van der Waals surface area contributed by atoms with Crippen LogP contribution in [0.25, 0.3) is 0 Å². The summed E-state index contributed by atoms with van der Waals surface area (Å²) in [5.41, 5.74) is 0.819. The Morgan fingerprint density at radius 1 is 1.23 bits per heavy atom. The molecule has 1 aromatic rings. The summed E-state index contributed by atoms with van der Waals surface area (Å²) in [6, 6.07) is 4.90. The molecule has 1 aliphatic heterocycles. The van der Waals surface area contributed by atoms with Crippen molar-refractivity contribution in [2.24, 2.45) is 0 Å². The Labute approximate surface area is 131 Å². The van der Waals surface area contributed by atoms with Crippen LogP contribution in [0.4, 0.5) is 5.69 Å². The zero-order valence-electron chi connectivity index (χ0n) is 13.3. The minimum absolute atomic E-state index is 0.289. The number of piperazine rings is 1. The van der Waals surface area contributed by atoms with E-state index in [1.807, 2.05) is 0 Å². The second-order valence-electron chi connectivity index (χ2n) is 6.43. The van der Waals surface area contributed by atoms with Gasteiger partial charge in [0.15, 0.2) is 0 Å². The molecule has 0 aromatic heterocycles. The lowest BCUT2D eigenvalue weighted by atomic mass is 9.79. The van der Waals surface area contributed by atoms with Gasteiger partial charge in [0.25, 0.3) is 0 Å². The van der Waals surface area contributed by atoms with Gasteiger partial charge in [-0.2, -0.15) is 0 Å². The maximum Gasteiger partial charge on any atom is 0.488 e. The van der Waals surface area contributed by atoms with Gasteiger partial charge in [-0.15, -0.1) is 0 Å². The molecule has 1 fully saturated rings. The smallest absolute Gasteiger partial charge is 0.456 e. The lowest BCUT2D eigenvalue weighted by Gasteiger charge is -2.30. The Kier molecular flexibility index (Phi) is 5.10. The molecule has 0 atom stereocenters. The Balaban J connectivity index is 2.32. The molecule has 0 amide bonds. The van der Waals surface area contributed by atoms with Crippen LogP contribution >= 0.6 is 0 Å². The first-order valence-corrected chi connectivity index (χ1v) is 7.46. The number of carbonyl (C=O) groups is 1. The molecule has 7 heteroatoms. The van der Waals surface area contributed by atoms with Crippen molar-refractivity contribution in [1.29, 1.82) is 0 Å². The Morgan fingerprint density at radius 3 is 2.41 bits per heavy atom. The molecular formula is C15H23BN2O4. The monoisotopic (exact) mass is 306 g/mol. The normalized spacial score (nSPS) is 15.6. The minimum atomic E-state index is -1.62. The number of esters is 1. The zero-order chi connectivity index (χ0) is 16.3. The number of anilines is 1. The van der Waals surface area contributed by atoms with Crippen LogP contribution in [0.5, 0.6) is 0 Å². The van der Waals surface area contributed by atoms with Gasteiger partial charge >= 0.3 is 13.1 Å². The summed E-state index contributed by atoms with van der Waals surface area (Å²) in [7, 11) is -1.62. The lowest BCUT2D eigenvalue weighted by Crippen LogP contribution is -2.44. The lowest BCUT2D eigenvalue weighted by molar-refractivity contribution is 0.00697. The summed E-state index contributed by atoms with van der Waals surface area (Å²) >= 11 is 0. The third-order valence-corrected chi connectivity index (χ3v) is 3.35. The highest BCUT2D eigenvalue weighted by Crippen LogP contribution is 2.18. The van der Waals surface area contributed by atoms with E-state index in [0.717, 1.165) is 31.9 Å². The molecule has 0 spiro atoms. The van der Waals surface area contributed by atoms with E-state index in [0.29, 0.717) is 5.56 Å². The first kappa shape index (κ1) is 16.8. The Bertz CT molecular complexity index is 537. The highest BCUT2D eigenvalue weighted by atomic mass is 16.6. The molecule has 6 nitrogen and oxygen atoms in total. The van der Waals surface area contributed by atoms with E-state index in [1.54, 1.807) is 32.9 Å². The van der Waals surface area contributed by atoms with Crippen molar-refractivity contribution < 1.29 is 19.6 Å². The van der Waals surface area contributed by atoms with Crippen LogP contribution < -0.4 is 15.7 Å². The standard InChI is InChI=1S/C15H23BN2O4/c1-15(2,3)22-14(19)11-8-12(16(20)21)10-13(9-11)18-6-4-17-5-7-18/h8-10,17,20-21H,4-7H2,1-3H3. The number of nitrogens with zero attached hydrogens (tertiary/aromatic N) is 1. The Hall–Kier alpha value is -1.57. The summed E-state index contributed by atoms with van der Waals surface area (Å²) < 4.78 is 5.37. The van der Waals surface area contributed by atoms with Gasteiger partial charge in [-0.3, -0.25) is 0 Å². The van der Waals surface area contributed by atoms with Crippen LogP contribution in [0, 0.1) is 0 Å². The van der Waals surface area contributed by atoms with Gasteiger partial charge in [0, 0.05) is 31.9 Å². The summed E-state index contributed by atoms with van der Waals surface area (Å²) in [5.74, 6) is -0.466. The van der Waals surface area contributed by atoms with Gasteiger partial charge in [-0.1, -0.05) is 0 Å². The largest absolute Gasteiger partial charge is 0.488 e. The fourth-order valence-corrected chi connectivity index (χ4v) is 2.34. The van der Waals surface area contributed by atoms with E-state index in [4.69, 9.17) is 4.74 Å². The third kappa shape index (κ3) is 4.46. The highest BCUT2D eigenvalue weighted by molar-refractivity contribution is 6.58. The van der Waals surface area contributed by atoms with Crippen molar-refractivity contribution in [3.63, 3.8) is 0 Å². The van der Waals surface area contributed by atoms with Crippen LogP contribution in [0.2, 0.25) is 0 Å². The van der Waals surface area contributed by atoms with E-state index < -0.39 is 18.7 Å². The summed E-state index contributed by atoms with van der Waals surface area (Å²) in [6.07, 6.45) is 0. The molecule has 0 bridgehead atoms. The van der Waals surface area contributed by atoms with Crippen LogP contribution in [0.15, 0.2) is 18.2 Å². The van der Waals surface area contributed by atoms with Crippen molar-refractivity contribution in [3.05, 3.63) is 23.8 Å². The fourth-order valence-electron chi connectivity index (χ4n) is 2.34. The molecule has 120 valence electrons. The van der Waals surface area contributed by atoms with Gasteiger partial charge in [0.05, 0.1) is 5.56 Å². The molecule has 0 radical (unpaired) electrons. The molecule has 0 aliphatic carbocycles. The molecule has 2 rings (SSSR count). The predicted molar refractivity (Wildman–Crippen MR) is 86.5 cm³/mol. The van der Waals surface area contributed by atoms with Crippen molar-refractivity contribution in [2.45, 2.75) is 26.4 Å². The summed E-state index contributed by atoms with van der Waals surface area (Å²) in [6.45, 7) is 8.71. The molecule has 1 aliphatic rings. The molecule has 1 aromatic carbocycles. The second-order valence-corrected chi connectivity index (χ2v) is 6.43. The van der Waals surface area contributed by atoms with Gasteiger partial charge in [0.1, 0.15) is 5.60 Å². The second kappa shape index (κ2) is 6.68. The van der Waals surface area contributed by atoms with Crippen LogP contribution in [-0.2, 0) is 4.74 Å². The number of carbonyl (C=O) groups excluding carboxylic acids is 1. The van der Waals surface area contributed by atoms with E-state index >= 15 is 0 Å².